The first-order valence-corrected chi connectivity index (χ1v) is 12.1. The highest BCUT2D eigenvalue weighted by Gasteiger charge is 2.17. The summed E-state index contributed by atoms with van der Waals surface area (Å²) in [5.41, 5.74) is 3.07. The number of aliphatic hydroxyl groups excluding tert-OH is 1. The van der Waals surface area contributed by atoms with Crippen molar-refractivity contribution in [2.24, 2.45) is 7.05 Å². The van der Waals surface area contributed by atoms with Crippen LogP contribution in [0.1, 0.15) is 60.2 Å². The number of aryl methyl sites for hydroxylation is 1. The number of carbonyl (C=O) groups excluding carboxylic acids is 2. The lowest BCUT2D eigenvalue weighted by Crippen LogP contribution is -2.37. The van der Waals surface area contributed by atoms with Gasteiger partial charge in [-0.15, -0.1) is 0 Å². The van der Waals surface area contributed by atoms with E-state index in [2.05, 4.69) is 10.3 Å². The first kappa shape index (κ1) is 26.4. The smallest absolute Gasteiger partial charge is 0.251 e. The van der Waals surface area contributed by atoms with Gasteiger partial charge in [0.05, 0.1) is 16.8 Å². The average molecular weight is 498 g/mol. The molecule has 2 aromatic carbocycles. The van der Waals surface area contributed by atoms with E-state index < -0.39 is 0 Å². The number of hydrogen-bond acceptors (Lipinski definition) is 5. The van der Waals surface area contributed by atoms with Crippen molar-refractivity contribution in [3.05, 3.63) is 70.6 Å². The summed E-state index contributed by atoms with van der Waals surface area (Å²) in [6.07, 6.45) is 3.19. The van der Waals surface area contributed by atoms with Crippen LogP contribution in [0.5, 0.6) is 5.75 Å². The maximum absolute atomic E-state index is 12.8. The number of Topliss-reactive ketones (excluding diaryl/α,β-unsaturated/α-hetero) is 1. The molecule has 0 aliphatic rings. The quantitative estimate of drug-likeness (QED) is 0.369. The van der Waals surface area contributed by atoms with Crippen molar-refractivity contribution in [3.63, 3.8) is 0 Å². The summed E-state index contributed by atoms with van der Waals surface area (Å²) in [4.78, 5) is 29.3. The molecule has 1 unspecified atom stereocenters. The van der Waals surface area contributed by atoms with E-state index in [1.54, 1.807) is 22.8 Å². The van der Waals surface area contributed by atoms with E-state index in [0.717, 1.165) is 16.8 Å². The van der Waals surface area contributed by atoms with E-state index in [-0.39, 0.29) is 30.4 Å². The third kappa shape index (κ3) is 6.93. The molecule has 1 heterocycles. The number of ether oxygens (including phenoxy) is 1. The molecule has 3 rings (SSSR count). The lowest BCUT2D eigenvalue weighted by Gasteiger charge is -2.19. The third-order valence-electron chi connectivity index (χ3n) is 5.55. The fraction of sp³-hybridized carbons (Fsp3) is 0.370. The molecule has 35 heavy (non-hydrogen) atoms. The average Bonchev–Trinajstić information content (AvgIpc) is 3.21. The van der Waals surface area contributed by atoms with Gasteiger partial charge in [0.25, 0.3) is 5.91 Å². The molecule has 0 fully saturated rings. The highest BCUT2D eigenvalue weighted by atomic mass is 35.5. The molecule has 1 aromatic heterocycles. The first-order valence-electron chi connectivity index (χ1n) is 11.8. The molecule has 0 spiro atoms. The fourth-order valence-corrected chi connectivity index (χ4v) is 3.99. The molecule has 3 aromatic rings. The normalized spacial score (nSPS) is 12.0. The minimum atomic E-state index is -0.264. The molecule has 0 aliphatic heterocycles. The predicted molar refractivity (Wildman–Crippen MR) is 137 cm³/mol. The van der Waals surface area contributed by atoms with Gasteiger partial charge >= 0.3 is 0 Å². The number of carbonyl (C=O) groups is 2. The van der Waals surface area contributed by atoms with Crippen LogP contribution in [0.4, 0.5) is 0 Å². The molecule has 0 bridgehead atoms. The van der Waals surface area contributed by atoms with E-state index in [9.17, 15) is 14.7 Å². The number of halogens is 1. The monoisotopic (exact) mass is 497 g/mol. The fourth-order valence-electron chi connectivity index (χ4n) is 3.76. The molecule has 8 heteroatoms. The Labute approximate surface area is 211 Å². The van der Waals surface area contributed by atoms with Gasteiger partial charge in [0.15, 0.2) is 11.6 Å². The summed E-state index contributed by atoms with van der Waals surface area (Å²) < 4.78 is 7.37. The minimum Gasteiger partial charge on any atom is -0.489 e. The number of aliphatic hydroxyl groups is 1. The maximum Gasteiger partial charge on any atom is 0.251 e. The van der Waals surface area contributed by atoms with Gasteiger partial charge in [-0.3, -0.25) is 9.59 Å². The largest absolute Gasteiger partial charge is 0.489 e. The van der Waals surface area contributed by atoms with Crippen LogP contribution in [-0.2, 0) is 13.5 Å². The van der Waals surface area contributed by atoms with Gasteiger partial charge in [-0.25, -0.2) is 4.98 Å². The summed E-state index contributed by atoms with van der Waals surface area (Å²) >= 11 is 6.28. The SMILES string of the molecule is CCC(=O)c1nc(-c2ccc(CC(CCO)NC(=O)c3ccc(OC(C)C)c(Cl)c3)cc2)cn1C. The van der Waals surface area contributed by atoms with Gasteiger partial charge in [0.2, 0.25) is 0 Å². The molecular weight excluding hydrogens is 466 g/mol. The van der Waals surface area contributed by atoms with Crippen LogP contribution in [0.2, 0.25) is 5.02 Å². The van der Waals surface area contributed by atoms with Crippen molar-refractivity contribution in [2.75, 3.05) is 6.61 Å². The van der Waals surface area contributed by atoms with Crippen molar-refractivity contribution in [2.45, 2.75) is 52.2 Å². The van der Waals surface area contributed by atoms with Crippen LogP contribution in [0.25, 0.3) is 11.3 Å². The molecule has 0 saturated carbocycles. The van der Waals surface area contributed by atoms with Crippen molar-refractivity contribution >= 4 is 23.3 Å². The minimum absolute atomic E-state index is 0.00123. The second kappa shape index (κ2) is 12.0. The molecule has 1 atom stereocenters. The number of hydrogen-bond donors (Lipinski definition) is 2. The number of nitrogens with one attached hydrogen (secondary N) is 1. The van der Waals surface area contributed by atoms with Crippen molar-refractivity contribution in [1.82, 2.24) is 14.9 Å². The van der Waals surface area contributed by atoms with Gasteiger partial charge in [-0.1, -0.05) is 42.8 Å². The number of benzene rings is 2. The Balaban J connectivity index is 1.69. The standard InChI is InChI=1S/C27H32ClN3O4/c1-5-24(33)26-30-23(16-31(26)4)19-8-6-18(7-9-19)14-21(12-13-32)29-27(34)20-10-11-25(22(28)15-20)35-17(2)3/h6-11,15-17,21,32H,5,12-14H2,1-4H3,(H,29,34). The zero-order valence-corrected chi connectivity index (χ0v) is 21.3. The van der Waals surface area contributed by atoms with E-state index in [1.807, 2.05) is 58.3 Å². The summed E-state index contributed by atoms with van der Waals surface area (Å²) in [5, 5.41) is 12.9. The van der Waals surface area contributed by atoms with Crippen LogP contribution < -0.4 is 10.1 Å². The number of nitrogens with zero attached hydrogens (tertiary/aromatic N) is 2. The Hall–Kier alpha value is -3.16. The Morgan fingerprint density at radius 2 is 1.89 bits per heavy atom. The summed E-state index contributed by atoms with van der Waals surface area (Å²) in [6, 6.07) is 12.5. The second-order valence-corrected chi connectivity index (χ2v) is 9.14. The molecule has 2 N–H and O–H groups in total. The topological polar surface area (TPSA) is 93.4 Å². The van der Waals surface area contributed by atoms with Crippen molar-refractivity contribution in [1.29, 1.82) is 0 Å². The second-order valence-electron chi connectivity index (χ2n) is 8.73. The lowest BCUT2D eigenvalue weighted by atomic mass is 10.0. The highest BCUT2D eigenvalue weighted by Crippen LogP contribution is 2.26. The zero-order chi connectivity index (χ0) is 25.5. The third-order valence-corrected chi connectivity index (χ3v) is 5.84. The number of ketones is 1. The molecule has 7 nitrogen and oxygen atoms in total. The van der Waals surface area contributed by atoms with Crippen molar-refractivity contribution < 1.29 is 19.4 Å². The molecule has 0 radical (unpaired) electrons. The van der Waals surface area contributed by atoms with E-state index in [0.29, 0.717) is 41.4 Å². The van der Waals surface area contributed by atoms with Gasteiger partial charge in [-0.2, -0.15) is 0 Å². The molecule has 0 aliphatic carbocycles. The summed E-state index contributed by atoms with van der Waals surface area (Å²) in [6.45, 7) is 5.58. The Morgan fingerprint density at radius 1 is 1.17 bits per heavy atom. The Kier molecular flexibility index (Phi) is 9.07. The van der Waals surface area contributed by atoms with Crippen LogP contribution in [0.3, 0.4) is 0 Å². The Bertz CT molecular complexity index is 1170. The van der Waals surface area contributed by atoms with E-state index in [1.165, 1.54) is 0 Å². The van der Waals surface area contributed by atoms with Crippen LogP contribution >= 0.6 is 11.6 Å². The van der Waals surface area contributed by atoms with E-state index >= 15 is 0 Å². The number of aromatic nitrogens is 2. The lowest BCUT2D eigenvalue weighted by molar-refractivity contribution is 0.0928. The zero-order valence-electron chi connectivity index (χ0n) is 20.5. The summed E-state index contributed by atoms with van der Waals surface area (Å²) in [5.74, 6) is 0.714. The number of amides is 1. The first-order chi connectivity index (χ1) is 16.7. The van der Waals surface area contributed by atoms with Gasteiger partial charge in [-0.05, 0) is 50.5 Å². The highest BCUT2D eigenvalue weighted by molar-refractivity contribution is 6.32. The van der Waals surface area contributed by atoms with E-state index in [4.69, 9.17) is 16.3 Å². The predicted octanol–water partition coefficient (Wildman–Crippen LogP) is 4.84. The van der Waals surface area contributed by atoms with Gasteiger partial charge < -0.3 is 19.7 Å². The maximum atomic E-state index is 12.8. The van der Waals surface area contributed by atoms with Crippen LogP contribution in [0, 0.1) is 0 Å². The van der Waals surface area contributed by atoms with Crippen molar-refractivity contribution in [3.8, 4) is 17.0 Å². The van der Waals surface area contributed by atoms with Gasteiger partial charge in [0.1, 0.15) is 5.75 Å². The van der Waals surface area contributed by atoms with Gasteiger partial charge in [0, 0.05) is 43.4 Å². The Morgan fingerprint density at radius 3 is 2.49 bits per heavy atom. The molecule has 1 amide bonds. The molecule has 186 valence electrons. The molecule has 0 saturated heterocycles. The summed E-state index contributed by atoms with van der Waals surface area (Å²) in [7, 11) is 1.81. The number of imidazole rings is 1. The number of rotatable bonds is 11. The van der Waals surface area contributed by atoms with Crippen LogP contribution in [0.15, 0.2) is 48.7 Å². The molecular formula is C27H32ClN3O4. The van der Waals surface area contributed by atoms with Crippen LogP contribution in [-0.4, -0.2) is 45.1 Å².